The van der Waals surface area contributed by atoms with Crippen LogP contribution < -0.4 is 5.32 Å². The van der Waals surface area contributed by atoms with Crippen LogP contribution in [0.3, 0.4) is 0 Å². The van der Waals surface area contributed by atoms with Crippen molar-refractivity contribution in [1.82, 2.24) is 15.2 Å². The van der Waals surface area contributed by atoms with E-state index < -0.39 is 0 Å². The maximum atomic E-state index is 11.9. The average Bonchev–Trinajstić information content (AvgIpc) is 3.10. The minimum absolute atomic E-state index is 0.00454. The van der Waals surface area contributed by atoms with Crippen molar-refractivity contribution in [1.29, 1.82) is 0 Å². The van der Waals surface area contributed by atoms with Crippen molar-refractivity contribution in [2.75, 3.05) is 6.54 Å². The molecule has 4 nitrogen and oxygen atoms in total. The first-order valence-electron chi connectivity index (χ1n) is 11.9. The van der Waals surface area contributed by atoms with Gasteiger partial charge in [0.05, 0.1) is 6.04 Å². The fraction of sp³-hybridized carbons (Fsp3) is 0.357. The molecule has 1 amide bonds. The van der Waals surface area contributed by atoms with Gasteiger partial charge in [-0.3, -0.25) is 14.7 Å². The van der Waals surface area contributed by atoms with Crippen molar-refractivity contribution in [2.24, 2.45) is 0 Å². The standard InChI is InChI=1S/C28H29Cl2N3O/c1-19(34)32-18-28(26-12-6-7-15-31-26)16-20-13-14-21(17-28)33(20)27(22-8-2-4-10-24(22)29)23-9-3-5-11-25(23)30/h2-12,15,20-21,27H,13-14,16-18H2,1H3,(H,32,34)/t20-,21+,28?. The molecule has 0 aliphatic carbocycles. The third kappa shape index (κ3) is 4.35. The lowest BCUT2D eigenvalue weighted by atomic mass is 9.71. The number of halogens is 2. The molecule has 34 heavy (non-hydrogen) atoms. The number of rotatable bonds is 6. The van der Waals surface area contributed by atoms with Crippen LogP contribution in [0.2, 0.25) is 10.0 Å². The van der Waals surface area contributed by atoms with E-state index in [0.717, 1.165) is 52.5 Å². The first-order chi connectivity index (χ1) is 16.5. The summed E-state index contributed by atoms with van der Waals surface area (Å²) in [6.45, 7) is 2.18. The SMILES string of the molecule is CC(=O)NCC1(c2ccccn2)C[C@H]2CC[C@@H](C1)N2C(c1ccccc1Cl)c1ccccc1Cl. The Morgan fingerprint density at radius 1 is 0.971 bits per heavy atom. The van der Waals surface area contributed by atoms with Crippen molar-refractivity contribution in [3.63, 3.8) is 0 Å². The minimum atomic E-state index is -0.194. The normalized spacial score (nSPS) is 24.4. The van der Waals surface area contributed by atoms with Gasteiger partial charge < -0.3 is 5.32 Å². The van der Waals surface area contributed by atoms with Gasteiger partial charge in [0.25, 0.3) is 0 Å². The molecule has 1 unspecified atom stereocenters. The molecular formula is C28H29Cl2N3O. The van der Waals surface area contributed by atoms with E-state index in [-0.39, 0.29) is 17.4 Å². The zero-order valence-electron chi connectivity index (χ0n) is 19.3. The molecule has 2 fully saturated rings. The molecule has 0 saturated carbocycles. The Hall–Kier alpha value is -2.40. The number of nitrogens with zero attached hydrogens (tertiary/aromatic N) is 2. The molecule has 3 heterocycles. The Balaban J connectivity index is 1.57. The maximum absolute atomic E-state index is 11.9. The molecule has 2 bridgehead atoms. The second-order valence-corrected chi connectivity index (χ2v) is 10.4. The highest BCUT2D eigenvalue weighted by molar-refractivity contribution is 6.32. The number of hydrogen-bond acceptors (Lipinski definition) is 3. The summed E-state index contributed by atoms with van der Waals surface area (Å²) >= 11 is 13.5. The van der Waals surface area contributed by atoms with Crippen LogP contribution in [-0.4, -0.2) is 34.4 Å². The summed E-state index contributed by atoms with van der Waals surface area (Å²) in [7, 11) is 0. The zero-order valence-corrected chi connectivity index (χ0v) is 20.8. The lowest BCUT2D eigenvalue weighted by Gasteiger charge is -2.49. The Morgan fingerprint density at radius 3 is 2.03 bits per heavy atom. The Bertz CT molecular complexity index is 1110. The summed E-state index contributed by atoms with van der Waals surface area (Å²) in [5.74, 6) is -0.00454. The second kappa shape index (κ2) is 9.69. The second-order valence-electron chi connectivity index (χ2n) is 9.59. The summed E-state index contributed by atoms with van der Waals surface area (Å²) in [4.78, 5) is 19.3. The zero-order chi connectivity index (χ0) is 23.7. The summed E-state index contributed by atoms with van der Waals surface area (Å²) in [6, 6.07) is 22.9. The molecule has 0 radical (unpaired) electrons. The van der Waals surface area contributed by atoms with E-state index in [0.29, 0.717) is 18.6 Å². The molecular weight excluding hydrogens is 465 g/mol. The van der Waals surface area contributed by atoms with E-state index in [1.165, 1.54) is 0 Å². The molecule has 3 aromatic rings. The molecule has 1 aromatic heterocycles. The minimum Gasteiger partial charge on any atom is -0.355 e. The van der Waals surface area contributed by atoms with Gasteiger partial charge in [-0.05, 0) is 61.1 Å². The smallest absolute Gasteiger partial charge is 0.216 e. The molecule has 2 saturated heterocycles. The van der Waals surface area contributed by atoms with Crippen molar-refractivity contribution in [3.05, 3.63) is 99.8 Å². The summed E-state index contributed by atoms with van der Waals surface area (Å²) in [6.07, 6.45) is 5.91. The van der Waals surface area contributed by atoms with Crippen LogP contribution in [0.25, 0.3) is 0 Å². The molecule has 176 valence electrons. The van der Waals surface area contributed by atoms with E-state index in [1.54, 1.807) is 6.92 Å². The van der Waals surface area contributed by atoms with Crippen molar-refractivity contribution in [2.45, 2.75) is 56.1 Å². The summed E-state index contributed by atoms with van der Waals surface area (Å²) < 4.78 is 0. The molecule has 2 aliphatic heterocycles. The number of hydrogen-bond donors (Lipinski definition) is 1. The van der Waals surface area contributed by atoms with Crippen molar-refractivity contribution >= 4 is 29.1 Å². The van der Waals surface area contributed by atoms with Gasteiger partial charge in [-0.1, -0.05) is 65.7 Å². The first-order valence-corrected chi connectivity index (χ1v) is 12.7. The quantitative estimate of drug-likeness (QED) is 0.445. The van der Waals surface area contributed by atoms with Gasteiger partial charge >= 0.3 is 0 Å². The number of amides is 1. The maximum Gasteiger partial charge on any atom is 0.216 e. The van der Waals surface area contributed by atoms with Gasteiger partial charge in [0.15, 0.2) is 0 Å². The van der Waals surface area contributed by atoms with Gasteiger partial charge in [-0.15, -0.1) is 0 Å². The predicted molar refractivity (Wildman–Crippen MR) is 137 cm³/mol. The van der Waals surface area contributed by atoms with E-state index >= 15 is 0 Å². The topological polar surface area (TPSA) is 45.2 Å². The van der Waals surface area contributed by atoms with Crippen molar-refractivity contribution < 1.29 is 4.79 Å². The molecule has 6 heteroatoms. The van der Waals surface area contributed by atoms with E-state index in [4.69, 9.17) is 28.2 Å². The number of nitrogens with one attached hydrogen (secondary N) is 1. The molecule has 0 spiro atoms. The van der Waals surface area contributed by atoms with Crippen LogP contribution in [-0.2, 0) is 10.2 Å². The Morgan fingerprint density at radius 2 is 1.53 bits per heavy atom. The van der Waals surface area contributed by atoms with Gasteiger partial charge in [0, 0.05) is 52.9 Å². The van der Waals surface area contributed by atoms with Crippen LogP contribution in [0.4, 0.5) is 0 Å². The monoisotopic (exact) mass is 493 g/mol. The van der Waals surface area contributed by atoms with Crippen LogP contribution in [0.15, 0.2) is 72.9 Å². The molecule has 5 rings (SSSR count). The van der Waals surface area contributed by atoms with Crippen LogP contribution in [0, 0.1) is 0 Å². The molecule has 1 N–H and O–H groups in total. The van der Waals surface area contributed by atoms with Crippen LogP contribution >= 0.6 is 23.2 Å². The Kier molecular flexibility index (Phi) is 6.65. The number of piperidine rings is 1. The predicted octanol–water partition coefficient (Wildman–Crippen LogP) is 6.18. The molecule has 2 aliphatic rings. The number of benzene rings is 2. The van der Waals surface area contributed by atoms with E-state index in [2.05, 4.69) is 28.4 Å². The number of aromatic nitrogens is 1. The van der Waals surface area contributed by atoms with Crippen molar-refractivity contribution in [3.8, 4) is 0 Å². The highest BCUT2D eigenvalue weighted by Gasteiger charge is 2.52. The van der Waals surface area contributed by atoms with Gasteiger partial charge in [-0.2, -0.15) is 0 Å². The largest absolute Gasteiger partial charge is 0.355 e. The third-order valence-electron chi connectivity index (χ3n) is 7.51. The molecule has 2 aromatic carbocycles. The average molecular weight is 494 g/mol. The Labute approximate surface area is 211 Å². The molecule has 3 atom stereocenters. The lowest BCUT2D eigenvalue weighted by molar-refractivity contribution is -0.119. The van der Waals surface area contributed by atoms with Crippen LogP contribution in [0.5, 0.6) is 0 Å². The number of carbonyl (C=O) groups is 1. The lowest BCUT2D eigenvalue weighted by Crippen LogP contribution is -2.55. The van der Waals surface area contributed by atoms with E-state index in [1.807, 2.05) is 54.7 Å². The van der Waals surface area contributed by atoms with Crippen LogP contribution in [0.1, 0.15) is 55.5 Å². The van der Waals surface area contributed by atoms with Gasteiger partial charge in [-0.25, -0.2) is 0 Å². The number of fused-ring (bicyclic) bond motifs is 2. The summed E-state index contributed by atoms with van der Waals surface area (Å²) in [5, 5.41) is 4.62. The third-order valence-corrected chi connectivity index (χ3v) is 8.20. The highest BCUT2D eigenvalue weighted by Crippen LogP contribution is 2.52. The number of pyridine rings is 1. The van der Waals surface area contributed by atoms with Gasteiger partial charge in [0.1, 0.15) is 0 Å². The van der Waals surface area contributed by atoms with Gasteiger partial charge in [0.2, 0.25) is 5.91 Å². The van der Waals surface area contributed by atoms with E-state index in [9.17, 15) is 4.79 Å². The fourth-order valence-electron chi connectivity index (χ4n) is 6.10. The fourth-order valence-corrected chi connectivity index (χ4v) is 6.58. The first kappa shape index (κ1) is 23.3. The summed E-state index contributed by atoms with van der Waals surface area (Å²) in [5.41, 5.74) is 3.04. The number of carbonyl (C=O) groups excluding carboxylic acids is 1. The highest BCUT2D eigenvalue weighted by atomic mass is 35.5.